The van der Waals surface area contributed by atoms with Gasteiger partial charge < -0.3 is 5.11 Å². The Morgan fingerprint density at radius 2 is 1.93 bits per heavy atom. The third-order valence-electron chi connectivity index (χ3n) is 3.10. The lowest BCUT2D eigenvalue weighted by atomic mass is 9.87. The highest BCUT2D eigenvalue weighted by molar-refractivity contribution is 6.12. The SMILES string of the molecule is O=C1C=CC(=O)N1CC1CCCC(O)C1. The minimum Gasteiger partial charge on any atom is -0.393 e. The van der Waals surface area contributed by atoms with Crippen molar-refractivity contribution < 1.29 is 14.7 Å². The third kappa shape index (κ3) is 2.26. The van der Waals surface area contributed by atoms with Gasteiger partial charge in [-0.1, -0.05) is 6.42 Å². The van der Waals surface area contributed by atoms with Crippen molar-refractivity contribution in [3.05, 3.63) is 12.2 Å². The van der Waals surface area contributed by atoms with E-state index < -0.39 is 0 Å². The van der Waals surface area contributed by atoms with Crippen molar-refractivity contribution in [2.24, 2.45) is 5.92 Å². The molecule has 0 aromatic rings. The minimum absolute atomic E-state index is 0.222. The van der Waals surface area contributed by atoms with Crippen LogP contribution in [0.25, 0.3) is 0 Å². The van der Waals surface area contributed by atoms with Crippen LogP contribution in [0.2, 0.25) is 0 Å². The summed E-state index contributed by atoms with van der Waals surface area (Å²) in [5, 5.41) is 9.48. The zero-order valence-electron chi connectivity index (χ0n) is 8.56. The van der Waals surface area contributed by atoms with Crippen LogP contribution in [0, 0.1) is 5.92 Å². The third-order valence-corrected chi connectivity index (χ3v) is 3.10. The van der Waals surface area contributed by atoms with Crippen LogP contribution in [-0.2, 0) is 9.59 Å². The lowest BCUT2D eigenvalue weighted by molar-refractivity contribution is -0.137. The van der Waals surface area contributed by atoms with Crippen LogP contribution in [0.3, 0.4) is 0 Å². The first-order valence-corrected chi connectivity index (χ1v) is 5.38. The highest BCUT2D eigenvalue weighted by Crippen LogP contribution is 2.25. The van der Waals surface area contributed by atoms with Crippen LogP contribution in [-0.4, -0.2) is 34.5 Å². The van der Waals surface area contributed by atoms with Gasteiger partial charge in [0, 0.05) is 18.7 Å². The highest BCUT2D eigenvalue weighted by Gasteiger charge is 2.28. The van der Waals surface area contributed by atoms with Crippen molar-refractivity contribution in [2.75, 3.05) is 6.54 Å². The molecule has 82 valence electrons. The molecule has 1 heterocycles. The van der Waals surface area contributed by atoms with E-state index in [-0.39, 0.29) is 23.8 Å². The molecular weight excluding hydrogens is 194 g/mol. The first kappa shape index (κ1) is 10.4. The number of carbonyl (C=O) groups excluding carboxylic acids is 2. The summed E-state index contributed by atoms with van der Waals surface area (Å²) in [4.78, 5) is 23.9. The molecule has 1 saturated carbocycles. The standard InChI is InChI=1S/C11H15NO3/c13-9-3-1-2-8(6-9)7-12-10(14)4-5-11(12)15/h4-5,8-9,13H,1-3,6-7H2. The molecule has 1 fully saturated rings. The topological polar surface area (TPSA) is 57.6 Å². The maximum atomic E-state index is 11.3. The molecule has 0 aromatic carbocycles. The van der Waals surface area contributed by atoms with Crippen molar-refractivity contribution in [3.8, 4) is 0 Å². The molecule has 4 heteroatoms. The van der Waals surface area contributed by atoms with Crippen molar-refractivity contribution in [2.45, 2.75) is 31.8 Å². The lowest BCUT2D eigenvalue weighted by Crippen LogP contribution is -2.37. The van der Waals surface area contributed by atoms with E-state index >= 15 is 0 Å². The Morgan fingerprint density at radius 1 is 1.27 bits per heavy atom. The first-order valence-electron chi connectivity index (χ1n) is 5.38. The summed E-state index contributed by atoms with van der Waals surface area (Å²) >= 11 is 0. The molecule has 0 bridgehead atoms. The molecule has 0 saturated heterocycles. The van der Waals surface area contributed by atoms with Gasteiger partial charge in [0.25, 0.3) is 11.8 Å². The zero-order valence-corrected chi connectivity index (χ0v) is 8.56. The molecule has 1 aliphatic carbocycles. The van der Waals surface area contributed by atoms with E-state index in [1.54, 1.807) is 0 Å². The number of aliphatic hydroxyl groups excluding tert-OH is 1. The Morgan fingerprint density at radius 3 is 2.53 bits per heavy atom. The Bertz CT molecular complexity index is 293. The smallest absolute Gasteiger partial charge is 0.253 e. The molecule has 0 spiro atoms. The van der Waals surface area contributed by atoms with Crippen LogP contribution in [0.4, 0.5) is 0 Å². The van der Waals surface area contributed by atoms with Crippen LogP contribution >= 0.6 is 0 Å². The number of nitrogens with zero attached hydrogens (tertiary/aromatic N) is 1. The first-order chi connectivity index (χ1) is 7.16. The van der Waals surface area contributed by atoms with E-state index in [4.69, 9.17) is 0 Å². The van der Waals surface area contributed by atoms with E-state index in [1.165, 1.54) is 17.1 Å². The van der Waals surface area contributed by atoms with Gasteiger partial charge in [0.05, 0.1) is 6.10 Å². The summed E-state index contributed by atoms with van der Waals surface area (Å²) < 4.78 is 0. The predicted molar refractivity (Wildman–Crippen MR) is 53.8 cm³/mol. The fourth-order valence-corrected chi connectivity index (χ4v) is 2.30. The van der Waals surface area contributed by atoms with Crippen LogP contribution < -0.4 is 0 Å². The summed E-state index contributed by atoms with van der Waals surface area (Å²) in [5.41, 5.74) is 0. The van der Waals surface area contributed by atoms with Crippen molar-refractivity contribution in [1.82, 2.24) is 4.90 Å². The molecule has 2 unspecified atom stereocenters. The molecule has 2 atom stereocenters. The van der Waals surface area contributed by atoms with Gasteiger partial charge in [-0.2, -0.15) is 0 Å². The molecule has 4 nitrogen and oxygen atoms in total. The molecule has 0 radical (unpaired) electrons. The monoisotopic (exact) mass is 209 g/mol. The lowest BCUT2D eigenvalue weighted by Gasteiger charge is -2.28. The molecule has 0 aromatic heterocycles. The number of imide groups is 1. The highest BCUT2D eigenvalue weighted by atomic mass is 16.3. The van der Waals surface area contributed by atoms with Crippen LogP contribution in [0.5, 0.6) is 0 Å². The molecule has 2 aliphatic rings. The summed E-state index contributed by atoms with van der Waals surface area (Å²) in [6.07, 6.45) is 5.88. The number of amides is 2. The van der Waals surface area contributed by atoms with E-state index in [2.05, 4.69) is 0 Å². The summed E-state index contributed by atoms with van der Waals surface area (Å²) in [6.45, 7) is 0.460. The summed E-state index contributed by atoms with van der Waals surface area (Å²) in [6, 6.07) is 0. The second-order valence-corrected chi connectivity index (χ2v) is 4.31. The average Bonchev–Trinajstić information content (AvgIpc) is 2.50. The van der Waals surface area contributed by atoms with E-state index in [1.807, 2.05) is 0 Å². The average molecular weight is 209 g/mol. The molecule has 1 aliphatic heterocycles. The number of aliphatic hydroxyl groups is 1. The summed E-state index contributed by atoms with van der Waals surface area (Å²) in [5.74, 6) is -0.179. The molecule has 2 amide bonds. The fourth-order valence-electron chi connectivity index (χ4n) is 2.30. The van der Waals surface area contributed by atoms with Gasteiger partial charge in [-0.05, 0) is 25.2 Å². The van der Waals surface area contributed by atoms with Gasteiger partial charge in [-0.25, -0.2) is 0 Å². The largest absolute Gasteiger partial charge is 0.393 e. The maximum absolute atomic E-state index is 11.3. The van der Waals surface area contributed by atoms with Crippen molar-refractivity contribution >= 4 is 11.8 Å². The van der Waals surface area contributed by atoms with Crippen molar-refractivity contribution in [3.63, 3.8) is 0 Å². The van der Waals surface area contributed by atoms with Crippen LogP contribution in [0.15, 0.2) is 12.2 Å². The maximum Gasteiger partial charge on any atom is 0.253 e. The Labute approximate surface area is 88.6 Å². The Hall–Kier alpha value is -1.16. The van der Waals surface area contributed by atoms with Gasteiger partial charge in [0.15, 0.2) is 0 Å². The second kappa shape index (κ2) is 4.14. The van der Waals surface area contributed by atoms with Gasteiger partial charge in [-0.15, -0.1) is 0 Å². The number of carbonyl (C=O) groups is 2. The molecular formula is C11H15NO3. The zero-order chi connectivity index (χ0) is 10.8. The Balaban J connectivity index is 1.91. The Kier molecular flexibility index (Phi) is 2.86. The van der Waals surface area contributed by atoms with Crippen molar-refractivity contribution in [1.29, 1.82) is 0 Å². The van der Waals surface area contributed by atoms with E-state index in [0.29, 0.717) is 13.0 Å². The fraction of sp³-hybridized carbons (Fsp3) is 0.636. The van der Waals surface area contributed by atoms with Crippen LogP contribution in [0.1, 0.15) is 25.7 Å². The minimum atomic E-state index is -0.260. The second-order valence-electron chi connectivity index (χ2n) is 4.31. The van der Waals surface area contributed by atoms with E-state index in [9.17, 15) is 14.7 Å². The molecule has 2 rings (SSSR count). The van der Waals surface area contributed by atoms with Gasteiger partial charge in [-0.3, -0.25) is 14.5 Å². The normalized spacial score (nSPS) is 31.4. The van der Waals surface area contributed by atoms with Gasteiger partial charge >= 0.3 is 0 Å². The van der Waals surface area contributed by atoms with Gasteiger partial charge in [0.1, 0.15) is 0 Å². The number of hydrogen-bond donors (Lipinski definition) is 1. The predicted octanol–water partition coefficient (Wildman–Crippen LogP) is 0.463. The molecule has 15 heavy (non-hydrogen) atoms. The van der Waals surface area contributed by atoms with E-state index in [0.717, 1.165) is 19.3 Å². The number of rotatable bonds is 2. The van der Waals surface area contributed by atoms with Gasteiger partial charge in [0.2, 0.25) is 0 Å². The molecule has 1 N–H and O–H groups in total. The summed E-state index contributed by atoms with van der Waals surface area (Å²) in [7, 11) is 0. The quantitative estimate of drug-likeness (QED) is 0.672. The number of hydrogen-bond acceptors (Lipinski definition) is 3.